The van der Waals surface area contributed by atoms with Crippen LogP contribution < -0.4 is 11.1 Å². The van der Waals surface area contributed by atoms with Crippen molar-refractivity contribution in [3.8, 4) is 0 Å². The van der Waals surface area contributed by atoms with Crippen LogP contribution in [0.5, 0.6) is 0 Å². The molecule has 1 amide bonds. The number of rotatable bonds is 4. The zero-order chi connectivity index (χ0) is 21.6. The number of aliphatic imine (C=N–C) groups is 1. The van der Waals surface area contributed by atoms with E-state index >= 15 is 0 Å². The van der Waals surface area contributed by atoms with Crippen LogP contribution in [0.25, 0.3) is 0 Å². The van der Waals surface area contributed by atoms with Gasteiger partial charge < -0.3 is 11.1 Å². The Labute approximate surface area is 166 Å². The third kappa shape index (κ3) is 3.70. The highest BCUT2D eigenvalue weighted by Crippen LogP contribution is 2.50. The SMILES string of the molecule is CC1(F)CC(F)(F)C(C)(c2cc(NC(=O)c3nc(CF)cs3)ccc2F)N=C1N. The largest absolute Gasteiger partial charge is 0.385 e. The van der Waals surface area contributed by atoms with E-state index in [1.165, 1.54) is 5.38 Å². The van der Waals surface area contributed by atoms with Crippen molar-refractivity contribution in [1.82, 2.24) is 4.98 Å². The van der Waals surface area contributed by atoms with E-state index in [1.807, 2.05) is 0 Å². The summed E-state index contributed by atoms with van der Waals surface area (Å²) in [6.45, 7) is 0.990. The van der Waals surface area contributed by atoms with Crippen LogP contribution in [0.4, 0.5) is 27.6 Å². The summed E-state index contributed by atoms with van der Waals surface area (Å²) < 4.78 is 70.9. The summed E-state index contributed by atoms with van der Waals surface area (Å²) in [5.41, 5.74) is 0.0179. The van der Waals surface area contributed by atoms with Gasteiger partial charge in [-0.25, -0.2) is 26.9 Å². The van der Waals surface area contributed by atoms with E-state index in [0.717, 1.165) is 43.4 Å². The molecule has 3 N–H and O–H groups in total. The highest BCUT2D eigenvalue weighted by atomic mass is 32.1. The number of hydrogen-bond donors (Lipinski definition) is 2. The standard InChI is InChI=1S/C18H17F5N4OS/c1-16(21)8-18(22,23)17(2,27-15(16)24)11-5-9(3-4-12(11)20)25-13(28)14-26-10(6-19)7-29-14/h3-5,7H,6,8H2,1-2H3,(H2,24,27)(H,25,28). The number of nitrogens with one attached hydrogen (secondary N) is 1. The molecule has 1 aliphatic heterocycles. The lowest BCUT2D eigenvalue weighted by atomic mass is 9.77. The van der Waals surface area contributed by atoms with Gasteiger partial charge in [0.25, 0.3) is 11.8 Å². The molecule has 2 heterocycles. The quantitative estimate of drug-likeness (QED) is 0.706. The van der Waals surface area contributed by atoms with Crippen molar-refractivity contribution in [2.75, 3.05) is 5.32 Å². The molecule has 0 aliphatic carbocycles. The molecule has 2 aromatic rings. The lowest BCUT2D eigenvalue weighted by Gasteiger charge is -2.42. The highest BCUT2D eigenvalue weighted by Gasteiger charge is 2.60. The van der Waals surface area contributed by atoms with E-state index in [2.05, 4.69) is 15.3 Å². The summed E-state index contributed by atoms with van der Waals surface area (Å²) >= 11 is 0.899. The maximum Gasteiger partial charge on any atom is 0.284 e. The minimum absolute atomic E-state index is 0.0113. The molecule has 0 bridgehead atoms. The van der Waals surface area contributed by atoms with Crippen LogP contribution in [0.2, 0.25) is 0 Å². The third-order valence-corrected chi connectivity index (χ3v) is 5.67. The van der Waals surface area contributed by atoms with Gasteiger partial charge in [-0.3, -0.25) is 9.79 Å². The predicted octanol–water partition coefficient (Wildman–Crippen LogP) is 4.34. The zero-order valence-electron chi connectivity index (χ0n) is 15.4. The fraction of sp³-hybridized carbons (Fsp3) is 0.389. The number of amidine groups is 1. The van der Waals surface area contributed by atoms with E-state index in [0.29, 0.717) is 0 Å². The lowest BCUT2D eigenvalue weighted by molar-refractivity contribution is -0.106. The molecule has 0 fully saturated rings. The second-order valence-corrected chi connectivity index (χ2v) is 7.93. The van der Waals surface area contributed by atoms with Gasteiger partial charge in [0, 0.05) is 16.6 Å². The number of anilines is 1. The maximum absolute atomic E-state index is 14.8. The Balaban J connectivity index is 1.99. The Bertz CT molecular complexity index is 990. The van der Waals surface area contributed by atoms with Crippen LogP contribution >= 0.6 is 11.3 Å². The summed E-state index contributed by atoms with van der Waals surface area (Å²) in [6.07, 6.45) is -1.27. The maximum atomic E-state index is 14.8. The summed E-state index contributed by atoms with van der Waals surface area (Å²) in [4.78, 5) is 19.6. The number of halogens is 5. The van der Waals surface area contributed by atoms with Crippen LogP contribution in [0.15, 0.2) is 28.6 Å². The second-order valence-electron chi connectivity index (χ2n) is 7.07. The molecular weight excluding hydrogens is 415 g/mol. The van der Waals surface area contributed by atoms with Crippen molar-refractivity contribution in [3.05, 3.63) is 45.7 Å². The minimum Gasteiger partial charge on any atom is -0.385 e. The molecule has 2 atom stereocenters. The molecule has 29 heavy (non-hydrogen) atoms. The van der Waals surface area contributed by atoms with Crippen molar-refractivity contribution in [1.29, 1.82) is 0 Å². The Kier molecular flexibility index (Phi) is 5.14. The van der Waals surface area contributed by atoms with E-state index in [4.69, 9.17) is 5.73 Å². The van der Waals surface area contributed by atoms with Gasteiger partial charge in [0.2, 0.25) is 0 Å². The van der Waals surface area contributed by atoms with Crippen LogP contribution in [0.1, 0.15) is 41.3 Å². The van der Waals surface area contributed by atoms with Crippen molar-refractivity contribution < 1.29 is 26.7 Å². The van der Waals surface area contributed by atoms with Crippen LogP contribution in [0, 0.1) is 5.82 Å². The third-order valence-electron chi connectivity index (χ3n) is 4.78. The number of nitrogens with two attached hydrogens (primary N) is 1. The van der Waals surface area contributed by atoms with Gasteiger partial charge in [0.05, 0.1) is 12.1 Å². The molecule has 0 radical (unpaired) electrons. The van der Waals surface area contributed by atoms with Gasteiger partial charge in [-0.05, 0) is 32.0 Å². The molecular formula is C18H17F5N4OS. The van der Waals surface area contributed by atoms with Gasteiger partial charge in [0.1, 0.15) is 18.3 Å². The molecule has 156 valence electrons. The van der Waals surface area contributed by atoms with Gasteiger partial charge in [-0.1, -0.05) is 0 Å². The second kappa shape index (κ2) is 7.05. The van der Waals surface area contributed by atoms with Crippen molar-refractivity contribution >= 4 is 28.8 Å². The molecule has 0 saturated carbocycles. The first-order valence-corrected chi connectivity index (χ1v) is 9.32. The molecule has 0 saturated heterocycles. The van der Waals surface area contributed by atoms with E-state index < -0.39 is 53.3 Å². The molecule has 3 rings (SSSR count). The average molecular weight is 432 g/mol. The first-order valence-electron chi connectivity index (χ1n) is 8.44. The van der Waals surface area contributed by atoms with Crippen molar-refractivity contribution in [3.63, 3.8) is 0 Å². The normalized spacial score (nSPS) is 26.1. The Hall–Kier alpha value is -2.56. The number of amides is 1. The minimum atomic E-state index is -3.76. The number of aromatic nitrogens is 1. The number of hydrogen-bond acceptors (Lipinski definition) is 5. The Morgan fingerprint density at radius 3 is 2.62 bits per heavy atom. The van der Waals surface area contributed by atoms with Gasteiger partial charge in [0.15, 0.2) is 16.2 Å². The Morgan fingerprint density at radius 2 is 2.00 bits per heavy atom. The summed E-state index contributed by atoms with van der Waals surface area (Å²) in [7, 11) is 0. The number of nitrogens with zero attached hydrogens (tertiary/aromatic N) is 2. The number of carbonyl (C=O) groups excluding carboxylic acids is 1. The molecule has 0 spiro atoms. The van der Waals surface area contributed by atoms with Crippen molar-refractivity contribution in [2.45, 2.75) is 44.1 Å². The molecule has 11 heteroatoms. The molecule has 1 aromatic carbocycles. The van der Waals surface area contributed by atoms with E-state index in [-0.39, 0.29) is 16.4 Å². The highest BCUT2D eigenvalue weighted by molar-refractivity contribution is 7.11. The topological polar surface area (TPSA) is 80.4 Å². The van der Waals surface area contributed by atoms with Gasteiger partial charge in [-0.15, -0.1) is 11.3 Å². The van der Waals surface area contributed by atoms with Crippen LogP contribution in [-0.4, -0.2) is 28.3 Å². The fourth-order valence-electron chi connectivity index (χ4n) is 3.01. The zero-order valence-corrected chi connectivity index (χ0v) is 16.2. The van der Waals surface area contributed by atoms with Gasteiger partial charge >= 0.3 is 0 Å². The molecule has 2 unspecified atom stereocenters. The molecule has 1 aliphatic rings. The van der Waals surface area contributed by atoms with Crippen LogP contribution in [0.3, 0.4) is 0 Å². The smallest absolute Gasteiger partial charge is 0.284 e. The van der Waals surface area contributed by atoms with E-state index in [1.54, 1.807) is 0 Å². The summed E-state index contributed by atoms with van der Waals surface area (Å²) in [5.74, 6) is -6.15. The lowest BCUT2D eigenvalue weighted by Crippen LogP contribution is -2.56. The number of alkyl halides is 4. The van der Waals surface area contributed by atoms with Gasteiger partial charge in [-0.2, -0.15) is 0 Å². The number of carbonyl (C=O) groups is 1. The number of thiazole rings is 1. The first kappa shape index (κ1) is 21.2. The van der Waals surface area contributed by atoms with E-state index in [9.17, 15) is 26.7 Å². The first-order chi connectivity index (χ1) is 13.4. The van der Waals surface area contributed by atoms with Crippen molar-refractivity contribution in [2.24, 2.45) is 10.7 Å². The summed E-state index contributed by atoms with van der Waals surface area (Å²) in [6, 6.07) is 3.04. The predicted molar refractivity (Wildman–Crippen MR) is 99.3 cm³/mol. The Morgan fingerprint density at radius 1 is 1.31 bits per heavy atom. The number of benzene rings is 1. The monoisotopic (exact) mass is 432 g/mol. The summed E-state index contributed by atoms with van der Waals surface area (Å²) in [5, 5.41) is 3.71. The molecule has 5 nitrogen and oxygen atoms in total. The van der Waals surface area contributed by atoms with Crippen LogP contribution in [-0.2, 0) is 12.2 Å². The average Bonchev–Trinajstić information content (AvgIpc) is 3.10. The molecule has 1 aromatic heterocycles. The fourth-order valence-corrected chi connectivity index (χ4v) is 3.70.